The van der Waals surface area contributed by atoms with Gasteiger partial charge in [-0.2, -0.15) is 11.8 Å². The number of carbonyl (C=O) groups is 1. The Hall–Kier alpha value is -1.36. The van der Waals surface area contributed by atoms with Crippen LogP contribution >= 0.6 is 11.8 Å². The Labute approximate surface area is 118 Å². The van der Waals surface area contributed by atoms with Crippen LogP contribution in [0, 0.1) is 0 Å². The van der Waals surface area contributed by atoms with Crippen molar-refractivity contribution in [3.8, 4) is 5.75 Å². The van der Waals surface area contributed by atoms with E-state index in [2.05, 4.69) is 6.92 Å². The van der Waals surface area contributed by atoms with Crippen molar-refractivity contribution in [2.75, 3.05) is 31.2 Å². The SMILES string of the molecule is CCC1CN(C(=O)COc2ccc(N)cc2)CCS1. The molecule has 19 heavy (non-hydrogen) atoms. The molecule has 0 saturated carbocycles. The number of benzene rings is 1. The number of thioether (sulfide) groups is 1. The molecule has 4 nitrogen and oxygen atoms in total. The third kappa shape index (κ3) is 4.06. The zero-order valence-corrected chi connectivity index (χ0v) is 12.0. The zero-order valence-electron chi connectivity index (χ0n) is 11.2. The number of amides is 1. The van der Waals surface area contributed by atoms with Gasteiger partial charge in [-0.15, -0.1) is 0 Å². The Kier molecular flexibility index (Phi) is 4.96. The van der Waals surface area contributed by atoms with E-state index in [1.54, 1.807) is 24.3 Å². The van der Waals surface area contributed by atoms with E-state index in [9.17, 15) is 4.79 Å². The summed E-state index contributed by atoms with van der Waals surface area (Å²) >= 11 is 1.95. The van der Waals surface area contributed by atoms with Gasteiger partial charge in [0.2, 0.25) is 0 Å². The van der Waals surface area contributed by atoms with Crippen molar-refractivity contribution in [3.05, 3.63) is 24.3 Å². The molecule has 1 fully saturated rings. The molecule has 0 aromatic heterocycles. The molecule has 2 N–H and O–H groups in total. The molecular weight excluding hydrogens is 260 g/mol. The van der Waals surface area contributed by atoms with E-state index in [-0.39, 0.29) is 12.5 Å². The molecule has 104 valence electrons. The molecule has 0 spiro atoms. The molecule has 1 heterocycles. The van der Waals surface area contributed by atoms with E-state index in [0.29, 0.717) is 16.7 Å². The highest BCUT2D eigenvalue weighted by Crippen LogP contribution is 2.21. The monoisotopic (exact) mass is 280 g/mol. The van der Waals surface area contributed by atoms with Gasteiger partial charge in [-0.25, -0.2) is 0 Å². The van der Waals surface area contributed by atoms with Crippen LogP contribution in [0.15, 0.2) is 24.3 Å². The van der Waals surface area contributed by atoms with Gasteiger partial charge in [0, 0.05) is 29.8 Å². The van der Waals surface area contributed by atoms with E-state index < -0.39 is 0 Å². The molecular formula is C14H20N2O2S. The second kappa shape index (κ2) is 6.70. The molecule has 0 aliphatic carbocycles. The highest BCUT2D eigenvalue weighted by molar-refractivity contribution is 8.00. The van der Waals surface area contributed by atoms with Gasteiger partial charge in [0.1, 0.15) is 5.75 Å². The van der Waals surface area contributed by atoms with E-state index in [1.807, 2.05) is 16.7 Å². The van der Waals surface area contributed by atoms with Crippen LogP contribution in [0.25, 0.3) is 0 Å². The van der Waals surface area contributed by atoms with Crippen LogP contribution in [0.1, 0.15) is 13.3 Å². The zero-order chi connectivity index (χ0) is 13.7. The second-order valence-electron chi connectivity index (χ2n) is 4.60. The number of rotatable bonds is 4. The second-order valence-corrected chi connectivity index (χ2v) is 6.01. The lowest BCUT2D eigenvalue weighted by Crippen LogP contribution is -2.43. The molecule has 1 aromatic rings. The third-order valence-electron chi connectivity index (χ3n) is 3.19. The van der Waals surface area contributed by atoms with Gasteiger partial charge >= 0.3 is 0 Å². The van der Waals surface area contributed by atoms with E-state index >= 15 is 0 Å². The minimum atomic E-state index is 0.0653. The lowest BCUT2D eigenvalue weighted by molar-refractivity contribution is -0.133. The number of hydrogen-bond donors (Lipinski definition) is 1. The van der Waals surface area contributed by atoms with Crippen LogP contribution in [0.2, 0.25) is 0 Å². The van der Waals surface area contributed by atoms with Gasteiger partial charge < -0.3 is 15.4 Å². The summed E-state index contributed by atoms with van der Waals surface area (Å²) in [6.45, 7) is 3.93. The summed E-state index contributed by atoms with van der Waals surface area (Å²) < 4.78 is 5.49. The molecule has 0 radical (unpaired) electrons. The standard InChI is InChI=1S/C14H20N2O2S/c1-2-13-9-16(7-8-19-13)14(17)10-18-12-5-3-11(15)4-6-12/h3-6,13H,2,7-10,15H2,1H3. The van der Waals surface area contributed by atoms with E-state index in [1.165, 1.54) is 0 Å². The van der Waals surface area contributed by atoms with Crippen LogP contribution in [-0.4, -0.2) is 41.5 Å². The molecule has 1 unspecified atom stereocenters. The van der Waals surface area contributed by atoms with E-state index in [4.69, 9.17) is 10.5 Å². The lowest BCUT2D eigenvalue weighted by atomic mass is 10.3. The molecule has 5 heteroatoms. The Balaban J connectivity index is 1.82. The van der Waals surface area contributed by atoms with Crippen molar-refractivity contribution in [1.29, 1.82) is 0 Å². The first-order chi connectivity index (χ1) is 9.19. The Morgan fingerprint density at radius 2 is 2.21 bits per heavy atom. The molecule has 1 aliphatic rings. The number of nitrogens with two attached hydrogens (primary N) is 1. The van der Waals surface area contributed by atoms with Crippen LogP contribution in [0.3, 0.4) is 0 Å². The summed E-state index contributed by atoms with van der Waals surface area (Å²) in [5.41, 5.74) is 6.29. The van der Waals surface area contributed by atoms with Crippen molar-refractivity contribution in [2.24, 2.45) is 0 Å². The molecule has 2 rings (SSSR count). The van der Waals surface area contributed by atoms with Crippen molar-refractivity contribution < 1.29 is 9.53 Å². The predicted octanol–water partition coefficient (Wildman–Crippen LogP) is 2.00. The predicted molar refractivity (Wildman–Crippen MR) is 79.5 cm³/mol. The van der Waals surface area contributed by atoms with Crippen LogP contribution in [-0.2, 0) is 4.79 Å². The average Bonchev–Trinajstić information content (AvgIpc) is 2.46. The third-order valence-corrected chi connectivity index (χ3v) is 4.56. The number of nitrogens with zero attached hydrogens (tertiary/aromatic N) is 1. The maximum atomic E-state index is 12.1. The summed E-state index contributed by atoms with van der Waals surface area (Å²) in [4.78, 5) is 14.0. The summed E-state index contributed by atoms with van der Waals surface area (Å²) in [7, 11) is 0. The van der Waals surface area contributed by atoms with Gasteiger partial charge in [-0.1, -0.05) is 6.92 Å². The Morgan fingerprint density at radius 1 is 1.47 bits per heavy atom. The largest absolute Gasteiger partial charge is 0.484 e. The van der Waals surface area contributed by atoms with Crippen molar-refractivity contribution in [1.82, 2.24) is 4.90 Å². The molecule has 1 saturated heterocycles. The number of nitrogen functional groups attached to an aromatic ring is 1. The maximum Gasteiger partial charge on any atom is 0.260 e. The van der Waals surface area contributed by atoms with Gasteiger partial charge in [0.15, 0.2) is 6.61 Å². The maximum absolute atomic E-state index is 12.1. The van der Waals surface area contributed by atoms with Crippen LogP contribution in [0.4, 0.5) is 5.69 Å². The first-order valence-corrected chi connectivity index (χ1v) is 7.61. The minimum Gasteiger partial charge on any atom is -0.484 e. The molecule has 0 bridgehead atoms. The topological polar surface area (TPSA) is 55.6 Å². The van der Waals surface area contributed by atoms with Gasteiger partial charge in [-0.05, 0) is 30.7 Å². The number of carbonyl (C=O) groups excluding carboxylic acids is 1. The summed E-state index contributed by atoms with van der Waals surface area (Å²) in [6, 6.07) is 7.10. The normalized spacial score (nSPS) is 19.2. The highest BCUT2D eigenvalue weighted by atomic mass is 32.2. The Bertz CT molecular complexity index is 422. The lowest BCUT2D eigenvalue weighted by Gasteiger charge is -2.31. The molecule has 1 amide bonds. The van der Waals surface area contributed by atoms with Gasteiger partial charge in [-0.3, -0.25) is 4.79 Å². The Morgan fingerprint density at radius 3 is 2.89 bits per heavy atom. The summed E-state index contributed by atoms with van der Waals surface area (Å²) in [5.74, 6) is 1.77. The molecule has 1 aromatic carbocycles. The van der Waals surface area contributed by atoms with E-state index in [0.717, 1.165) is 25.3 Å². The fraction of sp³-hybridized carbons (Fsp3) is 0.500. The summed E-state index contributed by atoms with van der Waals surface area (Å²) in [5, 5.41) is 0.564. The van der Waals surface area contributed by atoms with Gasteiger partial charge in [0.05, 0.1) is 0 Å². The fourth-order valence-corrected chi connectivity index (χ4v) is 3.17. The van der Waals surface area contributed by atoms with Gasteiger partial charge in [0.25, 0.3) is 5.91 Å². The molecule has 1 atom stereocenters. The van der Waals surface area contributed by atoms with Crippen molar-refractivity contribution in [3.63, 3.8) is 0 Å². The smallest absolute Gasteiger partial charge is 0.260 e. The number of anilines is 1. The highest BCUT2D eigenvalue weighted by Gasteiger charge is 2.23. The molecule has 1 aliphatic heterocycles. The quantitative estimate of drug-likeness (QED) is 0.857. The van der Waals surface area contributed by atoms with Crippen LogP contribution in [0.5, 0.6) is 5.75 Å². The fourth-order valence-electron chi connectivity index (χ4n) is 1.99. The average molecular weight is 280 g/mol. The number of hydrogen-bond acceptors (Lipinski definition) is 4. The minimum absolute atomic E-state index is 0.0653. The first kappa shape index (κ1) is 14.1. The first-order valence-electron chi connectivity index (χ1n) is 6.56. The summed E-state index contributed by atoms with van der Waals surface area (Å²) in [6.07, 6.45) is 1.10. The van der Waals surface area contributed by atoms with Crippen molar-refractivity contribution >= 4 is 23.4 Å². The van der Waals surface area contributed by atoms with Crippen molar-refractivity contribution in [2.45, 2.75) is 18.6 Å². The number of ether oxygens (including phenoxy) is 1. The van der Waals surface area contributed by atoms with Crippen LogP contribution < -0.4 is 10.5 Å².